The smallest absolute Gasteiger partial charge is 0.319 e. The first kappa shape index (κ1) is 18.3. The van der Waals surface area contributed by atoms with Gasteiger partial charge in [0.2, 0.25) is 10.0 Å². The summed E-state index contributed by atoms with van der Waals surface area (Å²) < 4.78 is 39.5. The molecule has 0 spiro atoms. The van der Waals surface area contributed by atoms with Gasteiger partial charge in [0, 0.05) is 24.8 Å². The van der Waals surface area contributed by atoms with Crippen molar-refractivity contribution in [3.63, 3.8) is 0 Å². The van der Waals surface area contributed by atoms with Gasteiger partial charge in [-0.1, -0.05) is 18.2 Å². The number of benzene rings is 2. The molecule has 8 heteroatoms. The first-order chi connectivity index (χ1) is 12.4. The summed E-state index contributed by atoms with van der Waals surface area (Å²) in [6.07, 6.45) is 1.06. The lowest BCUT2D eigenvalue weighted by atomic mass is 10.1. The highest BCUT2D eigenvalue weighted by atomic mass is 32.2. The Morgan fingerprint density at radius 3 is 2.23 bits per heavy atom. The summed E-state index contributed by atoms with van der Waals surface area (Å²) in [5, 5.41) is 5.46. The van der Waals surface area contributed by atoms with E-state index in [-0.39, 0.29) is 22.8 Å². The van der Waals surface area contributed by atoms with Gasteiger partial charge in [0.25, 0.3) is 0 Å². The molecule has 0 bridgehead atoms. The summed E-state index contributed by atoms with van der Waals surface area (Å²) in [6, 6.07) is 13.3. The molecule has 3 rings (SSSR count). The molecule has 0 unspecified atom stereocenters. The normalized spacial score (nSPS) is 16.2. The molecule has 0 radical (unpaired) electrons. The number of piperidine rings is 1. The average Bonchev–Trinajstić information content (AvgIpc) is 2.65. The minimum Gasteiger partial charge on any atom is -0.335 e. The molecule has 26 heavy (non-hydrogen) atoms. The molecular formula is C18H20FN3O3S. The van der Waals surface area contributed by atoms with Gasteiger partial charge in [0.05, 0.1) is 4.90 Å². The van der Waals surface area contributed by atoms with Crippen molar-refractivity contribution in [3.8, 4) is 0 Å². The van der Waals surface area contributed by atoms with Crippen molar-refractivity contribution < 1.29 is 17.6 Å². The van der Waals surface area contributed by atoms with Crippen LogP contribution in [0.5, 0.6) is 0 Å². The number of sulfonamides is 1. The van der Waals surface area contributed by atoms with Crippen LogP contribution in [-0.2, 0) is 10.0 Å². The highest BCUT2D eigenvalue weighted by molar-refractivity contribution is 7.89. The molecule has 1 saturated heterocycles. The molecule has 0 atom stereocenters. The number of hydrogen-bond acceptors (Lipinski definition) is 3. The van der Waals surface area contributed by atoms with Crippen molar-refractivity contribution in [2.75, 3.05) is 18.4 Å². The zero-order chi connectivity index (χ0) is 18.6. The van der Waals surface area contributed by atoms with Crippen molar-refractivity contribution in [1.29, 1.82) is 0 Å². The van der Waals surface area contributed by atoms with Crippen LogP contribution in [0.15, 0.2) is 59.5 Å². The minimum absolute atomic E-state index is 0.113. The quantitative estimate of drug-likeness (QED) is 0.860. The molecule has 0 saturated carbocycles. The summed E-state index contributed by atoms with van der Waals surface area (Å²) >= 11 is 0. The zero-order valence-electron chi connectivity index (χ0n) is 14.1. The molecule has 2 aromatic carbocycles. The van der Waals surface area contributed by atoms with Gasteiger partial charge in [-0.15, -0.1) is 0 Å². The standard InChI is InChI=1S/C18H20FN3O3S/c19-14-6-8-15(9-7-14)20-18(23)21-16-10-12-22(13-11-16)26(24,25)17-4-2-1-3-5-17/h1-9,16H,10-13H2,(H2,20,21,23). The number of rotatable bonds is 4. The molecule has 0 aliphatic carbocycles. The molecule has 1 fully saturated rings. The van der Waals surface area contributed by atoms with E-state index in [0.29, 0.717) is 31.6 Å². The van der Waals surface area contributed by atoms with Crippen molar-refractivity contribution in [2.45, 2.75) is 23.8 Å². The third-order valence-corrected chi connectivity index (χ3v) is 6.19. The van der Waals surface area contributed by atoms with Crippen LogP contribution in [0.4, 0.5) is 14.9 Å². The maximum Gasteiger partial charge on any atom is 0.319 e. The fraction of sp³-hybridized carbons (Fsp3) is 0.278. The number of anilines is 1. The summed E-state index contributed by atoms with van der Waals surface area (Å²) in [5.41, 5.74) is 0.494. The van der Waals surface area contributed by atoms with Crippen LogP contribution in [0.3, 0.4) is 0 Å². The van der Waals surface area contributed by atoms with E-state index in [4.69, 9.17) is 0 Å². The molecule has 1 aliphatic heterocycles. The lowest BCUT2D eigenvalue weighted by Gasteiger charge is -2.31. The maximum absolute atomic E-state index is 12.9. The Balaban J connectivity index is 1.52. The molecular weight excluding hydrogens is 357 g/mol. The average molecular weight is 377 g/mol. The topological polar surface area (TPSA) is 78.5 Å². The van der Waals surface area contributed by atoms with Gasteiger partial charge in [0.15, 0.2) is 0 Å². The monoisotopic (exact) mass is 377 g/mol. The first-order valence-corrected chi connectivity index (χ1v) is 9.77. The van der Waals surface area contributed by atoms with Crippen molar-refractivity contribution in [1.82, 2.24) is 9.62 Å². The van der Waals surface area contributed by atoms with E-state index in [1.807, 2.05) is 0 Å². The minimum atomic E-state index is -3.50. The summed E-state index contributed by atoms with van der Waals surface area (Å²) in [5.74, 6) is -0.372. The Morgan fingerprint density at radius 1 is 1.00 bits per heavy atom. The fourth-order valence-corrected chi connectivity index (χ4v) is 4.36. The van der Waals surface area contributed by atoms with Crippen LogP contribution in [0.2, 0.25) is 0 Å². The van der Waals surface area contributed by atoms with Crippen molar-refractivity contribution in [2.24, 2.45) is 0 Å². The Hall–Kier alpha value is -2.45. The first-order valence-electron chi connectivity index (χ1n) is 8.33. The van der Waals surface area contributed by atoms with Crippen LogP contribution in [0, 0.1) is 5.82 Å². The predicted octanol–water partition coefficient (Wildman–Crippen LogP) is 2.80. The summed E-state index contributed by atoms with van der Waals surface area (Å²) in [4.78, 5) is 12.3. The van der Waals surface area contributed by atoms with Gasteiger partial charge >= 0.3 is 6.03 Å². The molecule has 2 N–H and O–H groups in total. The molecule has 6 nitrogen and oxygen atoms in total. The largest absolute Gasteiger partial charge is 0.335 e. The van der Waals surface area contributed by atoms with Gasteiger partial charge in [0.1, 0.15) is 5.82 Å². The second-order valence-electron chi connectivity index (χ2n) is 6.10. The third-order valence-electron chi connectivity index (χ3n) is 4.27. The lowest BCUT2D eigenvalue weighted by Crippen LogP contribution is -2.47. The molecule has 2 amide bonds. The van der Waals surface area contributed by atoms with Crippen LogP contribution < -0.4 is 10.6 Å². The summed E-state index contributed by atoms with van der Waals surface area (Å²) in [7, 11) is -3.50. The highest BCUT2D eigenvalue weighted by Crippen LogP contribution is 2.20. The van der Waals surface area contributed by atoms with E-state index in [2.05, 4.69) is 10.6 Å². The fourth-order valence-electron chi connectivity index (χ4n) is 2.87. The van der Waals surface area contributed by atoms with Crippen LogP contribution in [0.25, 0.3) is 0 Å². The second-order valence-corrected chi connectivity index (χ2v) is 8.03. The molecule has 2 aromatic rings. The van der Waals surface area contributed by atoms with Gasteiger partial charge in [-0.2, -0.15) is 4.31 Å². The number of urea groups is 1. The van der Waals surface area contributed by atoms with Gasteiger partial charge in [-0.3, -0.25) is 0 Å². The number of hydrogen-bond donors (Lipinski definition) is 2. The van der Waals surface area contributed by atoms with Gasteiger partial charge < -0.3 is 10.6 Å². The number of amides is 2. The van der Waals surface area contributed by atoms with Crippen LogP contribution in [0.1, 0.15) is 12.8 Å². The zero-order valence-corrected chi connectivity index (χ0v) is 14.9. The van der Waals surface area contributed by atoms with Gasteiger partial charge in [-0.25, -0.2) is 17.6 Å². The Kier molecular flexibility index (Phi) is 5.53. The molecule has 1 aliphatic rings. The van der Waals surface area contributed by atoms with E-state index in [9.17, 15) is 17.6 Å². The number of nitrogens with one attached hydrogen (secondary N) is 2. The summed E-state index contributed by atoms with van der Waals surface area (Å²) in [6.45, 7) is 0.692. The van der Waals surface area contributed by atoms with E-state index in [1.165, 1.54) is 28.6 Å². The maximum atomic E-state index is 12.9. The van der Waals surface area contributed by atoms with E-state index >= 15 is 0 Å². The van der Waals surface area contributed by atoms with Crippen LogP contribution in [-0.4, -0.2) is 37.9 Å². The molecule has 0 aromatic heterocycles. The predicted molar refractivity (Wildman–Crippen MR) is 96.8 cm³/mol. The molecule has 138 valence electrons. The van der Waals surface area contributed by atoms with Crippen molar-refractivity contribution >= 4 is 21.7 Å². The van der Waals surface area contributed by atoms with Crippen LogP contribution >= 0.6 is 0 Å². The highest BCUT2D eigenvalue weighted by Gasteiger charge is 2.29. The van der Waals surface area contributed by atoms with E-state index < -0.39 is 10.0 Å². The SMILES string of the molecule is O=C(Nc1ccc(F)cc1)NC1CCN(S(=O)(=O)c2ccccc2)CC1. The van der Waals surface area contributed by atoms with E-state index in [1.54, 1.807) is 30.3 Å². The van der Waals surface area contributed by atoms with Gasteiger partial charge in [-0.05, 0) is 49.2 Å². The Bertz CT molecular complexity index is 849. The number of nitrogens with zero attached hydrogens (tertiary/aromatic N) is 1. The number of carbonyl (C=O) groups is 1. The third kappa shape index (κ3) is 4.39. The van der Waals surface area contributed by atoms with Crippen molar-refractivity contribution in [3.05, 3.63) is 60.4 Å². The second kappa shape index (κ2) is 7.84. The molecule has 1 heterocycles. The Labute approximate surface area is 152 Å². The van der Waals surface area contributed by atoms with E-state index in [0.717, 1.165) is 0 Å². The lowest BCUT2D eigenvalue weighted by molar-refractivity contribution is 0.238. The number of carbonyl (C=O) groups excluding carboxylic acids is 1. The Morgan fingerprint density at radius 2 is 1.62 bits per heavy atom. The number of halogens is 1.